The minimum absolute atomic E-state index is 0.0712. The lowest BCUT2D eigenvalue weighted by Crippen LogP contribution is -2.26. The Bertz CT molecular complexity index is 1820. The lowest BCUT2D eigenvalue weighted by molar-refractivity contribution is 0.602. The van der Waals surface area contributed by atoms with Crippen molar-refractivity contribution in [2.24, 2.45) is 0 Å². The van der Waals surface area contributed by atoms with E-state index in [0.717, 1.165) is 11.6 Å². The molecule has 38 heavy (non-hydrogen) atoms. The molecule has 0 aliphatic carbocycles. The molecule has 0 saturated carbocycles. The monoisotopic (exact) mass is 545 g/mol. The minimum Gasteiger partial charge on any atom is -0.368 e. The predicted molar refractivity (Wildman–Crippen MR) is 152 cm³/mol. The van der Waals surface area contributed by atoms with E-state index >= 15 is 0 Å². The molecule has 3 N–H and O–H groups in total. The number of pyridine rings is 1. The van der Waals surface area contributed by atoms with Gasteiger partial charge in [-0.1, -0.05) is 54.1 Å². The van der Waals surface area contributed by atoms with Crippen LogP contribution >= 0.6 is 11.6 Å². The summed E-state index contributed by atoms with van der Waals surface area (Å²) in [5, 5.41) is 4.92. The largest absolute Gasteiger partial charge is 0.368 e. The molecule has 1 atom stereocenters. The summed E-state index contributed by atoms with van der Waals surface area (Å²) in [5.74, 6) is 0.511. The molecule has 0 spiro atoms. The summed E-state index contributed by atoms with van der Waals surface area (Å²) >= 11 is 6.43. The third-order valence-electron chi connectivity index (χ3n) is 6.24. The number of rotatable bonds is 6. The normalized spacial score (nSPS) is 12.4. The van der Waals surface area contributed by atoms with Crippen molar-refractivity contribution in [3.05, 3.63) is 106 Å². The number of nitrogens with one attached hydrogen (secondary N) is 1. The highest BCUT2D eigenvalue weighted by Gasteiger charge is 2.20. The Labute approximate surface area is 224 Å². The van der Waals surface area contributed by atoms with Crippen LogP contribution in [0, 0.1) is 0 Å². The van der Waals surface area contributed by atoms with Crippen LogP contribution in [0.15, 0.2) is 94.7 Å². The maximum Gasteiger partial charge on any atom is 0.264 e. The van der Waals surface area contributed by atoms with Gasteiger partial charge in [-0.25, -0.2) is 13.4 Å². The van der Waals surface area contributed by atoms with Crippen molar-refractivity contribution in [1.29, 1.82) is 0 Å². The van der Waals surface area contributed by atoms with Crippen molar-refractivity contribution >= 4 is 44.0 Å². The summed E-state index contributed by atoms with van der Waals surface area (Å²) in [6.45, 7) is 1.92. The molecule has 0 aliphatic rings. The molecule has 5 aromatic rings. The van der Waals surface area contributed by atoms with Crippen LogP contribution < -0.4 is 16.6 Å². The molecular formula is C28H24ClN5O3S. The van der Waals surface area contributed by atoms with E-state index in [1.165, 1.54) is 12.1 Å². The van der Waals surface area contributed by atoms with E-state index in [2.05, 4.69) is 15.3 Å². The van der Waals surface area contributed by atoms with Crippen molar-refractivity contribution in [2.45, 2.75) is 17.9 Å². The molecule has 3 aromatic carbocycles. The van der Waals surface area contributed by atoms with Crippen LogP contribution in [0.25, 0.3) is 27.6 Å². The molecule has 192 valence electrons. The second-order valence-corrected chi connectivity index (χ2v) is 11.3. The van der Waals surface area contributed by atoms with Crippen LogP contribution in [0.3, 0.4) is 0 Å². The number of benzene rings is 3. The van der Waals surface area contributed by atoms with Gasteiger partial charge in [-0.05, 0) is 54.3 Å². The van der Waals surface area contributed by atoms with Crippen LogP contribution in [0.5, 0.6) is 0 Å². The first-order valence-electron chi connectivity index (χ1n) is 11.7. The fraction of sp³-hybridized carbons (Fsp3) is 0.107. The third-order valence-corrected chi connectivity index (χ3v) is 7.68. The zero-order chi connectivity index (χ0) is 27.0. The Balaban J connectivity index is 1.63. The zero-order valence-corrected chi connectivity index (χ0v) is 22.2. The van der Waals surface area contributed by atoms with Gasteiger partial charge in [0.05, 0.1) is 21.3 Å². The number of nitrogens with zero attached hydrogens (tertiary/aromatic N) is 3. The SMILES string of the molecule is CC(Nc1nc(N)ncc1-c1ccc(S(C)(=O)=O)cc1)c1cc2cccc(Cl)c2c(=O)n1-c1ccccc1. The molecule has 0 saturated heterocycles. The summed E-state index contributed by atoms with van der Waals surface area (Å²) in [4.78, 5) is 22.5. The number of para-hydroxylation sites is 1. The summed E-state index contributed by atoms with van der Waals surface area (Å²) in [7, 11) is -3.34. The predicted octanol–water partition coefficient (Wildman–Crippen LogP) is 5.26. The summed E-state index contributed by atoms with van der Waals surface area (Å²) in [6, 6.07) is 22.7. The van der Waals surface area contributed by atoms with E-state index in [1.54, 1.807) is 29.0 Å². The van der Waals surface area contributed by atoms with E-state index in [1.807, 2.05) is 55.5 Å². The number of hydrogen-bond acceptors (Lipinski definition) is 7. The zero-order valence-electron chi connectivity index (χ0n) is 20.6. The van der Waals surface area contributed by atoms with Crippen molar-refractivity contribution in [1.82, 2.24) is 14.5 Å². The van der Waals surface area contributed by atoms with Crippen LogP contribution in [-0.4, -0.2) is 29.2 Å². The Morgan fingerprint density at radius 2 is 1.71 bits per heavy atom. The molecule has 8 nitrogen and oxygen atoms in total. The van der Waals surface area contributed by atoms with E-state index in [9.17, 15) is 13.2 Å². The molecule has 0 radical (unpaired) electrons. The first-order valence-corrected chi connectivity index (χ1v) is 14.0. The van der Waals surface area contributed by atoms with Gasteiger partial charge in [0.1, 0.15) is 5.82 Å². The number of hydrogen-bond donors (Lipinski definition) is 2. The van der Waals surface area contributed by atoms with E-state index in [0.29, 0.717) is 38.7 Å². The highest BCUT2D eigenvalue weighted by atomic mass is 35.5. The molecular weight excluding hydrogens is 522 g/mol. The fourth-order valence-corrected chi connectivity index (χ4v) is 5.27. The van der Waals surface area contributed by atoms with E-state index < -0.39 is 15.9 Å². The van der Waals surface area contributed by atoms with Gasteiger partial charge in [-0.15, -0.1) is 0 Å². The Morgan fingerprint density at radius 1 is 1.00 bits per heavy atom. The molecule has 2 heterocycles. The van der Waals surface area contributed by atoms with Gasteiger partial charge in [0.25, 0.3) is 5.56 Å². The van der Waals surface area contributed by atoms with Gasteiger partial charge in [-0.2, -0.15) is 4.98 Å². The first-order chi connectivity index (χ1) is 18.1. The molecule has 1 unspecified atom stereocenters. The smallest absolute Gasteiger partial charge is 0.264 e. The standard InChI is InChI=1S/C28H24ClN5O3S/c1-17(32-26-22(16-31-28(30)33-26)18-11-13-21(14-12-18)38(2,36)37)24-15-19-7-6-10-23(29)25(19)27(35)34(24)20-8-4-3-5-9-20/h3-17H,1-2H3,(H3,30,31,32,33). The number of halogens is 1. The Hall–Kier alpha value is -4.21. The van der Waals surface area contributed by atoms with Gasteiger partial charge in [0, 0.05) is 29.4 Å². The molecule has 2 aromatic heterocycles. The Morgan fingerprint density at radius 3 is 2.39 bits per heavy atom. The molecule has 10 heteroatoms. The summed E-state index contributed by atoms with van der Waals surface area (Å²) in [6.07, 6.45) is 2.74. The average molecular weight is 546 g/mol. The number of aromatic nitrogens is 3. The van der Waals surface area contributed by atoms with Gasteiger partial charge < -0.3 is 11.1 Å². The number of fused-ring (bicyclic) bond motifs is 1. The van der Waals surface area contributed by atoms with Gasteiger partial charge in [0.15, 0.2) is 9.84 Å². The molecule has 5 rings (SSSR count). The second kappa shape index (κ2) is 9.92. The number of sulfone groups is 1. The van der Waals surface area contributed by atoms with Crippen molar-refractivity contribution in [3.8, 4) is 16.8 Å². The fourth-order valence-electron chi connectivity index (χ4n) is 4.38. The lowest BCUT2D eigenvalue weighted by atomic mass is 10.1. The van der Waals surface area contributed by atoms with Gasteiger partial charge >= 0.3 is 0 Å². The maximum absolute atomic E-state index is 13.7. The first kappa shape index (κ1) is 25.4. The van der Waals surface area contributed by atoms with Gasteiger partial charge in [0.2, 0.25) is 5.95 Å². The van der Waals surface area contributed by atoms with E-state index in [4.69, 9.17) is 17.3 Å². The van der Waals surface area contributed by atoms with Crippen LogP contribution in [0.2, 0.25) is 5.02 Å². The summed E-state index contributed by atoms with van der Waals surface area (Å²) < 4.78 is 25.4. The van der Waals surface area contributed by atoms with Gasteiger partial charge in [-0.3, -0.25) is 9.36 Å². The van der Waals surface area contributed by atoms with Crippen molar-refractivity contribution in [2.75, 3.05) is 17.3 Å². The second-order valence-electron chi connectivity index (χ2n) is 8.90. The van der Waals surface area contributed by atoms with E-state index in [-0.39, 0.29) is 16.4 Å². The molecule has 0 fully saturated rings. The highest BCUT2D eigenvalue weighted by Crippen LogP contribution is 2.32. The van der Waals surface area contributed by atoms with Crippen LogP contribution in [-0.2, 0) is 9.84 Å². The van der Waals surface area contributed by atoms with Crippen molar-refractivity contribution < 1.29 is 8.42 Å². The van der Waals surface area contributed by atoms with Crippen LogP contribution in [0.1, 0.15) is 18.7 Å². The highest BCUT2D eigenvalue weighted by molar-refractivity contribution is 7.90. The number of nitrogen functional groups attached to an aromatic ring is 1. The maximum atomic E-state index is 13.7. The van der Waals surface area contributed by atoms with Crippen molar-refractivity contribution in [3.63, 3.8) is 0 Å². The average Bonchev–Trinajstić information content (AvgIpc) is 2.88. The third kappa shape index (κ3) is 4.85. The lowest BCUT2D eigenvalue weighted by Gasteiger charge is -2.22. The molecule has 0 amide bonds. The molecule has 0 bridgehead atoms. The summed E-state index contributed by atoms with van der Waals surface area (Å²) in [5.41, 5.74) is 8.41. The Kier molecular flexibility index (Phi) is 6.64. The number of nitrogens with two attached hydrogens (primary N) is 1. The van der Waals surface area contributed by atoms with Crippen LogP contribution in [0.4, 0.5) is 11.8 Å². The molecule has 0 aliphatic heterocycles. The quantitative estimate of drug-likeness (QED) is 0.298. The minimum atomic E-state index is -3.34. The number of anilines is 2. The topological polar surface area (TPSA) is 120 Å².